The molecule has 2 aliphatic rings. The Labute approximate surface area is 229 Å². The second kappa shape index (κ2) is 10.4. The molecule has 1 saturated heterocycles. The van der Waals surface area contributed by atoms with Gasteiger partial charge in [0, 0.05) is 12.0 Å². The van der Waals surface area contributed by atoms with Crippen LogP contribution in [0.1, 0.15) is 45.0 Å². The summed E-state index contributed by atoms with van der Waals surface area (Å²) in [6.45, 7) is 7.13. The lowest BCUT2D eigenvalue weighted by atomic mass is 9.94. The quantitative estimate of drug-likeness (QED) is 0.148. The maximum atomic E-state index is 13.5. The molecule has 9 nitrogen and oxygen atoms in total. The number of thiazole rings is 1. The van der Waals surface area contributed by atoms with Crippen molar-refractivity contribution in [3.8, 4) is 11.5 Å². The number of amides is 1. The number of carbonyl (C=O) groups is 3. The molecule has 0 saturated carbocycles. The molecule has 3 heterocycles. The Morgan fingerprint density at radius 3 is 2.82 bits per heavy atom. The Hall–Kier alpha value is -4.44. The summed E-state index contributed by atoms with van der Waals surface area (Å²) in [4.78, 5) is 45.4. The van der Waals surface area contributed by atoms with Crippen molar-refractivity contribution in [2.45, 2.75) is 32.4 Å². The van der Waals surface area contributed by atoms with Crippen LogP contribution in [-0.4, -0.2) is 47.6 Å². The van der Waals surface area contributed by atoms with Crippen LogP contribution in [0.5, 0.6) is 11.5 Å². The first-order valence-corrected chi connectivity index (χ1v) is 13.1. The minimum Gasteiger partial charge on any atom is -0.507 e. The van der Waals surface area contributed by atoms with E-state index in [1.807, 2.05) is 6.92 Å². The SMILES string of the molecule is C=CCOC(=O)c1sc(N2C(=O)C(=O)C(=C(O)c3ccc4c(c3)CC(C)O4)C2c2cccc(OC)c2)nc1C. The standard InChI is InChI=1S/C29H26N2O7S/c1-5-11-37-28(35)26-16(3)30-29(39-26)31-23(17-7-6-8-20(14-17)36-4)22(25(33)27(31)34)24(32)18-9-10-21-19(13-18)12-15(2)38-21/h5-10,13-15,23,32H,1,11-12H2,2-4H3. The van der Waals surface area contributed by atoms with Crippen LogP contribution in [0.3, 0.4) is 0 Å². The number of hydrogen-bond acceptors (Lipinski definition) is 9. The van der Waals surface area contributed by atoms with E-state index in [9.17, 15) is 19.5 Å². The highest BCUT2D eigenvalue weighted by molar-refractivity contribution is 7.17. The van der Waals surface area contributed by atoms with E-state index < -0.39 is 23.7 Å². The van der Waals surface area contributed by atoms with E-state index in [1.54, 1.807) is 49.4 Å². The van der Waals surface area contributed by atoms with Gasteiger partial charge in [-0.15, -0.1) is 0 Å². The van der Waals surface area contributed by atoms with Crippen LogP contribution < -0.4 is 14.4 Å². The predicted molar refractivity (Wildman–Crippen MR) is 145 cm³/mol. The van der Waals surface area contributed by atoms with Gasteiger partial charge < -0.3 is 19.3 Å². The topological polar surface area (TPSA) is 115 Å². The van der Waals surface area contributed by atoms with Crippen molar-refractivity contribution in [1.29, 1.82) is 0 Å². The summed E-state index contributed by atoms with van der Waals surface area (Å²) in [5.41, 5.74) is 2.07. The Kier molecular flexibility index (Phi) is 6.96. The van der Waals surface area contributed by atoms with Crippen molar-refractivity contribution >= 4 is 39.9 Å². The van der Waals surface area contributed by atoms with Gasteiger partial charge in [0.2, 0.25) is 0 Å². The summed E-state index contributed by atoms with van der Waals surface area (Å²) in [7, 11) is 1.51. The molecular formula is C29H26N2O7S. The molecule has 1 fully saturated rings. The van der Waals surface area contributed by atoms with Crippen molar-refractivity contribution in [2.75, 3.05) is 18.6 Å². The smallest absolute Gasteiger partial charge is 0.350 e. The summed E-state index contributed by atoms with van der Waals surface area (Å²) in [5, 5.41) is 11.6. The lowest BCUT2D eigenvalue weighted by Gasteiger charge is -2.23. The number of ketones is 1. The number of esters is 1. The second-order valence-electron chi connectivity index (χ2n) is 9.20. The highest BCUT2D eigenvalue weighted by Crippen LogP contribution is 2.45. The minimum absolute atomic E-state index is 0.000248. The molecule has 2 atom stereocenters. The highest BCUT2D eigenvalue weighted by atomic mass is 32.1. The average molecular weight is 547 g/mol. The second-order valence-corrected chi connectivity index (χ2v) is 10.2. The first-order valence-electron chi connectivity index (χ1n) is 12.2. The lowest BCUT2D eigenvalue weighted by Crippen LogP contribution is -2.29. The van der Waals surface area contributed by atoms with E-state index in [0.29, 0.717) is 29.0 Å². The summed E-state index contributed by atoms with van der Waals surface area (Å²) >= 11 is 0.936. The zero-order valence-corrected chi connectivity index (χ0v) is 22.4. The zero-order chi connectivity index (χ0) is 27.8. The summed E-state index contributed by atoms with van der Waals surface area (Å²) in [5.74, 6) is -1.44. The number of hydrogen-bond donors (Lipinski definition) is 1. The first-order chi connectivity index (χ1) is 18.7. The molecule has 3 aromatic rings. The Morgan fingerprint density at radius 2 is 2.08 bits per heavy atom. The zero-order valence-electron chi connectivity index (χ0n) is 21.6. The lowest BCUT2D eigenvalue weighted by molar-refractivity contribution is -0.132. The van der Waals surface area contributed by atoms with Crippen LogP contribution in [0.4, 0.5) is 5.13 Å². The van der Waals surface area contributed by atoms with E-state index in [1.165, 1.54) is 18.1 Å². The van der Waals surface area contributed by atoms with Crippen molar-refractivity contribution in [1.82, 2.24) is 4.98 Å². The van der Waals surface area contributed by atoms with E-state index >= 15 is 0 Å². The van der Waals surface area contributed by atoms with Crippen molar-refractivity contribution < 1.29 is 33.7 Å². The number of benzene rings is 2. The predicted octanol–water partition coefficient (Wildman–Crippen LogP) is 4.75. The molecule has 2 aromatic carbocycles. The number of aromatic nitrogens is 1. The van der Waals surface area contributed by atoms with Crippen LogP contribution in [0.2, 0.25) is 0 Å². The molecule has 39 heavy (non-hydrogen) atoms. The van der Waals surface area contributed by atoms with Gasteiger partial charge in [0.15, 0.2) is 5.13 Å². The van der Waals surface area contributed by atoms with E-state index in [0.717, 1.165) is 22.6 Å². The minimum atomic E-state index is -1.02. The monoisotopic (exact) mass is 546 g/mol. The van der Waals surface area contributed by atoms with Crippen LogP contribution in [0, 0.1) is 6.92 Å². The van der Waals surface area contributed by atoms with Gasteiger partial charge in [0.05, 0.1) is 24.4 Å². The Balaban J connectivity index is 1.66. The van der Waals surface area contributed by atoms with Crippen LogP contribution in [0.25, 0.3) is 5.76 Å². The molecule has 0 bridgehead atoms. The van der Waals surface area contributed by atoms with Crippen LogP contribution in [-0.2, 0) is 20.7 Å². The van der Waals surface area contributed by atoms with Gasteiger partial charge in [-0.05, 0) is 55.3 Å². The van der Waals surface area contributed by atoms with E-state index in [-0.39, 0.29) is 34.1 Å². The number of Topliss-reactive ketones (excluding diaryl/α,β-unsaturated/α-hetero) is 1. The fourth-order valence-corrected chi connectivity index (χ4v) is 5.74. The maximum Gasteiger partial charge on any atom is 0.350 e. The molecular weight excluding hydrogens is 520 g/mol. The van der Waals surface area contributed by atoms with Gasteiger partial charge in [0.25, 0.3) is 5.78 Å². The highest BCUT2D eigenvalue weighted by Gasteiger charge is 2.48. The van der Waals surface area contributed by atoms with Gasteiger partial charge in [-0.25, -0.2) is 9.78 Å². The molecule has 5 rings (SSSR count). The fourth-order valence-electron chi connectivity index (χ4n) is 4.76. The normalized spacial score (nSPS) is 19.5. The Bertz CT molecular complexity index is 1540. The number of anilines is 1. The third-order valence-corrected chi connectivity index (χ3v) is 7.67. The van der Waals surface area contributed by atoms with Crippen molar-refractivity contribution in [2.24, 2.45) is 0 Å². The number of aryl methyl sites for hydroxylation is 1. The van der Waals surface area contributed by atoms with Crippen LogP contribution in [0.15, 0.2) is 60.7 Å². The molecule has 200 valence electrons. The van der Waals surface area contributed by atoms with Gasteiger partial charge in [0.1, 0.15) is 34.8 Å². The summed E-state index contributed by atoms with van der Waals surface area (Å²) in [6, 6.07) is 11.0. The molecule has 0 aliphatic carbocycles. The molecule has 2 unspecified atom stereocenters. The Morgan fingerprint density at radius 1 is 1.28 bits per heavy atom. The number of ether oxygens (including phenoxy) is 3. The number of aliphatic hydroxyl groups excluding tert-OH is 1. The van der Waals surface area contributed by atoms with Crippen molar-refractivity contribution in [3.63, 3.8) is 0 Å². The number of fused-ring (bicyclic) bond motifs is 1. The summed E-state index contributed by atoms with van der Waals surface area (Å²) < 4.78 is 16.3. The molecule has 10 heteroatoms. The third kappa shape index (κ3) is 4.67. The van der Waals surface area contributed by atoms with Gasteiger partial charge in [-0.1, -0.05) is 36.1 Å². The van der Waals surface area contributed by atoms with Gasteiger partial charge in [-0.2, -0.15) is 0 Å². The molecule has 2 aliphatic heterocycles. The first kappa shape index (κ1) is 26.2. The van der Waals surface area contributed by atoms with E-state index in [2.05, 4.69) is 11.6 Å². The molecule has 1 aromatic heterocycles. The number of rotatable bonds is 7. The van der Waals surface area contributed by atoms with Crippen LogP contribution >= 0.6 is 11.3 Å². The number of nitrogens with zero attached hydrogens (tertiary/aromatic N) is 2. The maximum absolute atomic E-state index is 13.5. The molecule has 1 N–H and O–H groups in total. The number of methoxy groups -OCH3 is 1. The molecule has 0 spiro atoms. The molecule has 1 amide bonds. The summed E-state index contributed by atoms with van der Waals surface area (Å²) in [6.07, 6.45) is 2.11. The number of aliphatic hydroxyl groups is 1. The largest absolute Gasteiger partial charge is 0.507 e. The number of carbonyl (C=O) groups excluding carboxylic acids is 3. The van der Waals surface area contributed by atoms with E-state index in [4.69, 9.17) is 14.2 Å². The third-order valence-electron chi connectivity index (χ3n) is 6.53. The fraction of sp³-hybridized carbons (Fsp3) is 0.241. The average Bonchev–Trinajstić information content (AvgIpc) is 3.58. The molecule has 0 radical (unpaired) electrons. The van der Waals surface area contributed by atoms with Gasteiger partial charge >= 0.3 is 11.9 Å². The van der Waals surface area contributed by atoms with Gasteiger partial charge in [-0.3, -0.25) is 14.5 Å². The van der Waals surface area contributed by atoms with Crippen molar-refractivity contribution in [3.05, 3.63) is 88.0 Å².